The van der Waals surface area contributed by atoms with Crippen molar-refractivity contribution >= 4 is 17.9 Å². The Kier molecular flexibility index (Phi) is 6.17. The number of para-hydroxylation sites is 1. The number of anilines is 1. The first-order valence-corrected chi connectivity index (χ1v) is 7.06. The summed E-state index contributed by atoms with van der Waals surface area (Å²) in [6.07, 6.45) is 1.47. The quantitative estimate of drug-likeness (QED) is 0.631. The third-order valence-electron chi connectivity index (χ3n) is 2.89. The molecule has 0 unspecified atom stereocenters. The molecule has 24 heavy (non-hydrogen) atoms. The molecule has 0 heterocycles. The number of hydrazone groups is 1. The maximum Gasteiger partial charge on any atom is 0.339 e. The minimum Gasteiger partial charge on any atom is -0.493 e. The van der Waals surface area contributed by atoms with Crippen LogP contribution in [0, 0.1) is 11.3 Å². The van der Waals surface area contributed by atoms with Crippen LogP contribution in [0.15, 0.2) is 53.6 Å². The molecule has 0 saturated heterocycles. The zero-order valence-corrected chi connectivity index (χ0v) is 13.0. The molecule has 0 spiro atoms. The molecule has 0 fully saturated rings. The summed E-state index contributed by atoms with van der Waals surface area (Å²) in [5, 5.41) is 15.0. The molecule has 0 aromatic heterocycles. The third-order valence-corrected chi connectivity index (χ3v) is 2.89. The van der Waals surface area contributed by atoms with Crippen molar-refractivity contribution in [2.75, 3.05) is 19.0 Å². The number of urea groups is 1. The molecular weight excluding hydrogens is 308 g/mol. The van der Waals surface area contributed by atoms with Gasteiger partial charge in [0.2, 0.25) is 0 Å². The van der Waals surface area contributed by atoms with Crippen LogP contribution in [0.5, 0.6) is 11.5 Å². The lowest BCUT2D eigenvalue weighted by Crippen LogP contribution is -2.24. The van der Waals surface area contributed by atoms with Gasteiger partial charge in [0.05, 0.1) is 13.3 Å². The van der Waals surface area contributed by atoms with Crippen LogP contribution in [-0.2, 0) is 0 Å². The smallest absolute Gasteiger partial charge is 0.339 e. The molecule has 2 aromatic carbocycles. The van der Waals surface area contributed by atoms with Crippen molar-refractivity contribution in [3.8, 4) is 17.6 Å². The zero-order valence-electron chi connectivity index (χ0n) is 13.0. The van der Waals surface area contributed by atoms with E-state index in [-0.39, 0.29) is 6.61 Å². The first-order chi connectivity index (χ1) is 11.7. The molecule has 0 atom stereocenters. The number of benzene rings is 2. The second-order valence-electron chi connectivity index (χ2n) is 4.55. The molecule has 2 aromatic rings. The molecule has 7 heteroatoms. The van der Waals surface area contributed by atoms with Crippen LogP contribution in [0.4, 0.5) is 10.5 Å². The van der Waals surface area contributed by atoms with Crippen molar-refractivity contribution < 1.29 is 14.3 Å². The number of nitriles is 1. The van der Waals surface area contributed by atoms with Crippen LogP contribution in [0.2, 0.25) is 0 Å². The number of hydrogen-bond acceptors (Lipinski definition) is 5. The molecule has 2 amide bonds. The fraction of sp³-hybridized carbons (Fsp3) is 0.118. The largest absolute Gasteiger partial charge is 0.493 e. The van der Waals surface area contributed by atoms with Gasteiger partial charge < -0.3 is 14.8 Å². The fourth-order valence-corrected chi connectivity index (χ4v) is 1.84. The van der Waals surface area contributed by atoms with Gasteiger partial charge in [-0.25, -0.2) is 10.2 Å². The van der Waals surface area contributed by atoms with Crippen molar-refractivity contribution in [2.45, 2.75) is 0 Å². The van der Waals surface area contributed by atoms with E-state index in [1.807, 2.05) is 24.3 Å². The molecule has 0 aliphatic carbocycles. The summed E-state index contributed by atoms with van der Waals surface area (Å²) in [5.74, 6) is 0.939. The molecule has 0 bridgehead atoms. The minimum absolute atomic E-state index is 0.0645. The summed E-state index contributed by atoms with van der Waals surface area (Å²) in [6, 6.07) is 15.6. The van der Waals surface area contributed by atoms with Gasteiger partial charge in [0.1, 0.15) is 6.07 Å². The number of carbonyl (C=O) groups is 1. The maximum atomic E-state index is 11.7. The summed E-state index contributed by atoms with van der Waals surface area (Å²) in [7, 11) is 1.50. The van der Waals surface area contributed by atoms with Gasteiger partial charge in [-0.15, -0.1) is 0 Å². The van der Waals surface area contributed by atoms with Gasteiger partial charge in [-0.05, 0) is 35.9 Å². The Hall–Kier alpha value is -3.53. The van der Waals surface area contributed by atoms with E-state index in [4.69, 9.17) is 14.7 Å². The topological polar surface area (TPSA) is 95.7 Å². The summed E-state index contributed by atoms with van der Waals surface area (Å²) in [5.41, 5.74) is 3.75. The van der Waals surface area contributed by atoms with Crippen LogP contribution in [0.1, 0.15) is 5.56 Å². The van der Waals surface area contributed by atoms with Crippen molar-refractivity contribution in [2.24, 2.45) is 5.10 Å². The number of ether oxygens (including phenoxy) is 2. The minimum atomic E-state index is -0.446. The van der Waals surface area contributed by atoms with E-state index in [1.54, 1.807) is 30.3 Å². The van der Waals surface area contributed by atoms with E-state index in [9.17, 15) is 4.79 Å². The highest BCUT2D eigenvalue weighted by Gasteiger charge is 2.05. The highest BCUT2D eigenvalue weighted by molar-refractivity contribution is 5.90. The summed E-state index contributed by atoms with van der Waals surface area (Å²) in [4.78, 5) is 11.7. The van der Waals surface area contributed by atoms with Crippen LogP contribution in [0.25, 0.3) is 0 Å². The molecule has 122 valence electrons. The second kappa shape index (κ2) is 8.80. The molecule has 0 radical (unpaired) electrons. The average Bonchev–Trinajstić information content (AvgIpc) is 2.61. The molecule has 2 rings (SSSR count). The van der Waals surface area contributed by atoms with Crippen molar-refractivity contribution in [1.82, 2.24) is 5.43 Å². The maximum absolute atomic E-state index is 11.7. The SMILES string of the molecule is COc1cc(/C=N\NC(=O)Nc2ccccc2)ccc1OCC#N. The zero-order chi connectivity index (χ0) is 17.2. The van der Waals surface area contributed by atoms with Gasteiger partial charge in [-0.3, -0.25) is 0 Å². The van der Waals surface area contributed by atoms with Gasteiger partial charge in [-0.2, -0.15) is 10.4 Å². The molecule has 0 aliphatic heterocycles. The number of methoxy groups -OCH3 is 1. The molecule has 2 N–H and O–H groups in total. The molecule has 0 saturated carbocycles. The highest BCUT2D eigenvalue weighted by atomic mass is 16.5. The van der Waals surface area contributed by atoms with Gasteiger partial charge in [-0.1, -0.05) is 18.2 Å². The van der Waals surface area contributed by atoms with Crippen LogP contribution >= 0.6 is 0 Å². The van der Waals surface area contributed by atoms with Crippen LogP contribution in [0.3, 0.4) is 0 Å². The number of hydrogen-bond donors (Lipinski definition) is 2. The van der Waals surface area contributed by atoms with Crippen molar-refractivity contribution in [3.63, 3.8) is 0 Å². The predicted molar refractivity (Wildman–Crippen MR) is 90.3 cm³/mol. The number of carbonyl (C=O) groups excluding carboxylic acids is 1. The number of nitrogens with one attached hydrogen (secondary N) is 2. The van der Waals surface area contributed by atoms with Crippen molar-refractivity contribution in [1.29, 1.82) is 5.26 Å². The standard InChI is InChI=1S/C17H16N4O3/c1-23-16-11-13(7-8-15(16)24-10-9-18)12-19-21-17(22)20-14-5-3-2-4-6-14/h2-8,11-12H,10H2,1H3,(H2,20,21,22)/b19-12-. The normalized spacial score (nSPS) is 10.0. The summed E-state index contributed by atoms with van der Waals surface area (Å²) >= 11 is 0. The Bertz CT molecular complexity index is 754. The summed E-state index contributed by atoms with van der Waals surface area (Å²) < 4.78 is 10.4. The second-order valence-corrected chi connectivity index (χ2v) is 4.55. The predicted octanol–water partition coefficient (Wildman–Crippen LogP) is 2.75. The number of rotatable bonds is 6. The lowest BCUT2D eigenvalue weighted by atomic mass is 10.2. The Morgan fingerprint density at radius 1 is 1.25 bits per heavy atom. The van der Waals surface area contributed by atoms with Gasteiger partial charge in [0.25, 0.3) is 0 Å². The molecule has 0 aliphatic rings. The Labute approximate surface area is 139 Å². The first-order valence-electron chi connectivity index (χ1n) is 7.06. The first kappa shape index (κ1) is 16.8. The van der Waals surface area contributed by atoms with E-state index in [2.05, 4.69) is 15.8 Å². The van der Waals surface area contributed by atoms with Gasteiger partial charge in [0.15, 0.2) is 18.1 Å². The number of amides is 2. The Morgan fingerprint density at radius 3 is 2.75 bits per heavy atom. The van der Waals surface area contributed by atoms with Crippen molar-refractivity contribution in [3.05, 3.63) is 54.1 Å². The van der Waals surface area contributed by atoms with Gasteiger partial charge in [0, 0.05) is 5.69 Å². The van der Waals surface area contributed by atoms with E-state index in [1.165, 1.54) is 13.3 Å². The Balaban J connectivity index is 1.94. The highest BCUT2D eigenvalue weighted by Crippen LogP contribution is 2.27. The average molecular weight is 324 g/mol. The lowest BCUT2D eigenvalue weighted by molar-refractivity contribution is 0.252. The number of nitrogens with zero attached hydrogens (tertiary/aromatic N) is 2. The molecular formula is C17H16N4O3. The van der Waals surface area contributed by atoms with Crippen LogP contribution < -0.4 is 20.2 Å². The van der Waals surface area contributed by atoms with Gasteiger partial charge >= 0.3 is 6.03 Å². The lowest BCUT2D eigenvalue weighted by Gasteiger charge is -2.08. The molecule has 7 nitrogen and oxygen atoms in total. The van der Waals surface area contributed by atoms with Crippen LogP contribution in [-0.4, -0.2) is 26.0 Å². The Morgan fingerprint density at radius 2 is 2.04 bits per heavy atom. The van der Waals surface area contributed by atoms with E-state index in [0.717, 1.165) is 0 Å². The fourth-order valence-electron chi connectivity index (χ4n) is 1.84. The summed E-state index contributed by atoms with van der Waals surface area (Å²) in [6.45, 7) is -0.0645. The third kappa shape index (κ3) is 5.03. The monoisotopic (exact) mass is 324 g/mol. The van der Waals surface area contributed by atoms with E-state index >= 15 is 0 Å². The van der Waals surface area contributed by atoms with E-state index < -0.39 is 6.03 Å². The van der Waals surface area contributed by atoms with E-state index in [0.29, 0.717) is 22.7 Å².